The minimum absolute atomic E-state index is 0.0211. The third-order valence-electron chi connectivity index (χ3n) is 9.77. The summed E-state index contributed by atoms with van der Waals surface area (Å²) in [5.41, 5.74) is 0.0161. The highest BCUT2D eigenvalue weighted by Crippen LogP contribution is 2.41. The molecule has 0 radical (unpaired) electrons. The molecule has 1 N–H and O–H groups in total. The van der Waals surface area contributed by atoms with E-state index in [-0.39, 0.29) is 48.0 Å². The number of nitrogens with zero attached hydrogens (tertiary/aromatic N) is 6. The van der Waals surface area contributed by atoms with Crippen LogP contribution < -0.4 is 19.9 Å². The number of alkyl halides is 3. The number of rotatable bonds is 9. The Morgan fingerprint density at radius 2 is 1.74 bits per heavy atom. The van der Waals surface area contributed by atoms with Crippen molar-refractivity contribution in [1.29, 1.82) is 0 Å². The third kappa shape index (κ3) is 8.77. The molecule has 6 rings (SSSR count). The van der Waals surface area contributed by atoms with Gasteiger partial charge in [-0.1, -0.05) is 11.6 Å². The Morgan fingerprint density at radius 1 is 1.00 bits per heavy atom. The maximum Gasteiger partial charge on any atom is 0.418 e. The van der Waals surface area contributed by atoms with E-state index < -0.39 is 29.4 Å². The van der Waals surface area contributed by atoms with Gasteiger partial charge in [-0.15, -0.1) is 0 Å². The molecule has 0 aliphatic carbocycles. The molecule has 3 saturated heterocycles. The summed E-state index contributed by atoms with van der Waals surface area (Å²) in [5, 5.41) is 2.97. The number of piperidine rings is 1. The summed E-state index contributed by atoms with van der Waals surface area (Å²) < 4.78 is 53.3. The summed E-state index contributed by atoms with van der Waals surface area (Å²) in [5.74, 6) is 0.298. The average Bonchev–Trinajstić information content (AvgIpc) is 3.46. The number of piperazine rings is 1. The molecule has 5 heterocycles. The van der Waals surface area contributed by atoms with Crippen molar-refractivity contribution in [2.24, 2.45) is 5.92 Å². The number of ether oxygens (including phenoxy) is 2. The SMILES string of the molecule is CCOc1ncccc1-c1ccc(N2CCN3C(=O)N(c4ccc(Cl)cc4C(F)(F)F)C[C@@H]3C2)c(C(=O)NCCC2CCN(C(=O)OC(C)(C)C)CC2)n1. The maximum absolute atomic E-state index is 14.0. The first-order valence-corrected chi connectivity index (χ1v) is 18.6. The first-order valence-electron chi connectivity index (χ1n) is 18.2. The Bertz CT molecular complexity index is 1870. The number of urea groups is 1. The highest BCUT2D eigenvalue weighted by atomic mass is 35.5. The second-order valence-electron chi connectivity index (χ2n) is 14.7. The number of nitrogens with one attached hydrogen (secondary N) is 1. The quantitative estimate of drug-likeness (QED) is 0.245. The van der Waals surface area contributed by atoms with Crippen LogP contribution in [0.15, 0.2) is 48.7 Å². The number of carbonyl (C=O) groups is 3. The fourth-order valence-electron chi connectivity index (χ4n) is 7.16. The van der Waals surface area contributed by atoms with Crippen molar-refractivity contribution in [2.75, 3.05) is 62.2 Å². The Kier molecular flexibility index (Phi) is 11.5. The van der Waals surface area contributed by atoms with Gasteiger partial charge in [-0.05, 0) is 95.3 Å². The van der Waals surface area contributed by atoms with Gasteiger partial charge in [0.2, 0.25) is 5.88 Å². The zero-order chi connectivity index (χ0) is 38.8. The predicted molar refractivity (Wildman–Crippen MR) is 198 cm³/mol. The number of fused-ring (bicyclic) bond motifs is 1. The second kappa shape index (κ2) is 15.9. The number of hydrogen-bond acceptors (Lipinski definition) is 8. The van der Waals surface area contributed by atoms with E-state index in [4.69, 9.17) is 26.1 Å². The molecule has 1 atom stereocenters. The van der Waals surface area contributed by atoms with Crippen molar-refractivity contribution in [3.63, 3.8) is 0 Å². The molecule has 2 aromatic heterocycles. The molecule has 54 heavy (non-hydrogen) atoms. The summed E-state index contributed by atoms with van der Waals surface area (Å²) in [6.45, 7) is 10.2. The number of hydrogen-bond donors (Lipinski definition) is 1. The monoisotopic (exact) mass is 771 g/mol. The van der Waals surface area contributed by atoms with Gasteiger partial charge in [0, 0.05) is 57.0 Å². The van der Waals surface area contributed by atoms with E-state index in [1.165, 1.54) is 12.1 Å². The van der Waals surface area contributed by atoms with E-state index in [9.17, 15) is 27.6 Å². The minimum Gasteiger partial charge on any atom is -0.477 e. The van der Waals surface area contributed by atoms with Crippen LogP contribution in [0.2, 0.25) is 5.02 Å². The van der Waals surface area contributed by atoms with Crippen LogP contribution in [0.5, 0.6) is 5.88 Å². The fraction of sp³-hybridized carbons (Fsp3) is 0.500. The standard InChI is InChI=1S/C38H45ClF3N7O5/c1-5-53-34-27(7-6-15-44-34)29-9-11-31(32(45-29)33(50)43-16-12-24-13-17-46(18-14-24)36(52)54-37(2,3)4)47-19-20-48-26(22-47)23-49(35(48)51)30-10-8-25(39)21-28(30)38(40,41)42/h6-11,15,21,24,26H,5,12-14,16-20,22-23H2,1-4H3,(H,43,50)/t26-/m0/s1. The van der Waals surface area contributed by atoms with Crippen LogP contribution in [-0.2, 0) is 10.9 Å². The van der Waals surface area contributed by atoms with Gasteiger partial charge < -0.3 is 29.5 Å². The fourth-order valence-corrected chi connectivity index (χ4v) is 7.34. The van der Waals surface area contributed by atoms with Crippen molar-refractivity contribution in [2.45, 2.75) is 64.8 Å². The van der Waals surface area contributed by atoms with Gasteiger partial charge in [0.05, 0.1) is 40.8 Å². The molecule has 16 heteroatoms. The lowest BCUT2D eigenvalue weighted by Crippen LogP contribution is -2.52. The molecular weight excluding hydrogens is 727 g/mol. The normalized spacial score (nSPS) is 18.1. The van der Waals surface area contributed by atoms with E-state index in [2.05, 4.69) is 10.3 Å². The Labute approximate surface area is 317 Å². The van der Waals surface area contributed by atoms with Crippen molar-refractivity contribution < 1.29 is 37.0 Å². The number of aromatic nitrogens is 2. The number of halogens is 4. The van der Waals surface area contributed by atoms with Crippen molar-refractivity contribution in [1.82, 2.24) is 25.1 Å². The van der Waals surface area contributed by atoms with Gasteiger partial charge in [0.25, 0.3) is 5.91 Å². The summed E-state index contributed by atoms with van der Waals surface area (Å²) in [6, 6.07) is 9.59. The van der Waals surface area contributed by atoms with Crippen LogP contribution in [-0.4, -0.2) is 102 Å². The van der Waals surface area contributed by atoms with Gasteiger partial charge in [-0.3, -0.25) is 9.69 Å². The van der Waals surface area contributed by atoms with E-state index in [1.54, 1.807) is 34.2 Å². The zero-order valence-corrected chi connectivity index (χ0v) is 31.5. The maximum atomic E-state index is 14.0. The summed E-state index contributed by atoms with van der Waals surface area (Å²) in [6.07, 6.45) is -1.13. The van der Waals surface area contributed by atoms with E-state index in [0.717, 1.165) is 23.8 Å². The summed E-state index contributed by atoms with van der Waals surface area (Å²) in [4.78, 5) is 55.5. The zero-order valence-electron chi connectivity index (χ0n) is 30.8. The number of pyridine rings is 2. The molecule has 0 unspecified atom stereocenters. The van der Waals surface area contributed by atoms with Crippen molar-refractivity contribution >= 4 is 41.0 Å². The lowest BCUT2D eigenvalue weighted by Gasteiger charge is -2.38. The Hall–Kier alpha value is -4.79. The molecule has 0 bridgehead atoms. The van der Waals surface area contributed by atoms with Gasteiger partial charge in [0.1, 0.15) is 5.60 Å². The summed E-state index contributed by atoms with van der Waals surface area (Å²) >= 11 is 5.91. The van der Waals surface area contributed by atoms with Crippen LogP contribution in [0.25, 0.3) is 11.3 Å². The lowest BCUT2D eigenvalue weighted by atomic mass is 9.94. The smallest absolute Gasteiger partial charge is 0.418 e. The lowest BCUT2D eigenvalue weighted by molar-refractivity contribution is -0.137. The van der Waals surface area contributed by atoms with Crippen molar-refractivity contribution in [3.05, 3.63) is 64.9 Å². The highest BCUT2D eigenvalue weighted by molar-refractivity contribution is 6.30. The van der Waals surface area contributed by atoms with Gasteiger partial charge in [-0.25, -0.2) is 19.6 Å². The highest BCUT2D eigenvalue weighted by Gasteiger charge is 2.45. The predicted octanol–water partition coefficient (Wildman–Crippen LogP) is 7.11. The average molecular weight is 772 g/mol. The van der Waals surface area contributed by atoms with Crippen LogP contribution >= 0.6 is 11.6 Å². The first-order chi connectivity index (χ1) is 25.6. The Balaban J connectivity index is 1.19. The second-order valence-corrected chi connectivity index (χ2v) is 15.1. The van der Waals surface area contributed by atoms with Crippen LogP contribution in [0.4, 0.5) is 34.1 Å². The molecule has 3 aliphatic rings. The molecule has 1 aromatic carbocycles. The van der Waals surface area contributed by atoms with Crippen LogP contribution in [0.1, 0.15) is 63.0 Å². The molecule has 3 aromatic rings. The molecule has 3 aliphatic heterocycles. The number of amides is 4. The van der Waals surface area contributed by atoms with E-state index in [1.807, 2.05) is 38.7 Å². The molecule has 12 nitrogen and oxygen atoms in total. The number of likely N-dealkylation sites (tertiary alicyclic amines) is 1. The Morgan fingerprint density at radius 3 is 2.44 bits per heavy atom. The van der Waals surface area contributed by atoms with Gasteiger partial charge in [0.15, 0.2) is 5.69 Å². The van der Waals surface area contributed by atoms with Gasteiger partial charge in [-0.2, -0.15) is 13.2 Å². The third-order valence-corrected chi connectivity index (χ3v) is 10.0. The number of anilines is 2. The topological polar surface area (TPSA) is 120 Å². The molecule has 0 saturated carbocycles. The van der Waals surface area contributed by atoms with Crippen molar-refractivity contribution in [3.8, 4) is 17.1 Å². The molecule has 4 amide bonds. The minimum atomic E-state index is -4.71. The van der Waals surface area contributed by atoms with Crippen LogP contribution in [0, 0.1) is 5.92 Å². The first kappa shape index (κ1) is 38.9. The number of benzene rings is 1. The molecule has 0 spiro atoms. The van der Waals surface area contributed by atoms with Crippen LogP contribution in [0.3, 0.4) is 0 Å². The van der Waals surface area contributed by atoms with E-state index in [0.29, 0.717) is 67.9 Å². The van der Waals surface area contributed by atoms with Gasteiger partial charge >= 0.3 is 18.3 Å². The number of carbonyl (C=O) groups excluding carboxylic acids is 3. The molecular formula is C38H45ClF3N7O5. The summed E-state index contributed by atoms with van der Waals surface area (Å²) in [7, 11) is 0. The van der Waals surface area contributed by atoms with E-state index >= 15 is 0 Å². The molecule has 290 valence electrons. The largest absolute Gasteiger partial charge is 0.477 e. The molecule has 3 fully saturated rings.